The number of fused-ring (bicyclic) bond motifs is 24. The van der Waals surface area contributed by atoms with Crippen LogP contribution in [0.2, 0.25) is 0 Å². The molecule has 2 aliphatic heterocycles. The Bertz CT molecular complexity index is 4270. The van der Waals surface area contributed by atoms with Crippen molar-refractivity contribution in [3.05, 3.63) is 144 Å². The zero-order valence-electron chi connectivity index (χ0n) is 41.5. The minimum atomic E-state index is -0.0287. The van der Waals surface area contributed by atoms with E-state index in [1.807, 2.05) is 0 Å². The third kappa shape index (κ3) is 7.53. The van der Waals surface area contributed by atoms with E-state index in [0.29, 0.717) is 45.9 Å². The van der Waals surface area contributed by atoms with Gasteiger partial charge in [0.05, 0.1) is 23.3 Å². The van der Waals surface area contributed by atoms with Gasteiger partial charge in [0.2, 0.25) is 0 Å². The molecule has 0 amide bonds. The number of hydrogen-bond acceptors (Lipinski definition) is 7. The summed E-state index contributed by atoms with van der Waals surface area (Å²) in [7, 11) is 0. The van der Waals surface area contributed by atoms with Gasteiger partial charge < -0.3 is 29.9 Å². The van der Waals surface area contributed by atoms with E-state index in [1.165, 1.54) is 22.3 Å². The van der Waals surface area contributed by atoms with E-state index in [9.17, 15) is 0 Å². The first-order valence-corrected chi connectivity index (χ1v) is 24.7. The number of rotatable bonds is 0. The van der Waals surface area contributed by atoms with E-state index < -0.39 is 0 Å². The molecule has 2 aliphatic rings. The number of aryl methyl sites for hydroxylation is 1. The van der Waals surface area contributed by atoms with Crippen molar-refractivity contribution in [2.45, 2.75) is 85.5 Å². The molecule has 10 heteroatoms. The Kier molecular flexibility index (Phi) is 9.94. The van der Waals surface area contributed by atoms with Crippen LogP contribution in [0.5, 0.6) is 0 Å². The topological polar surface area (TPSA) is 123 Å². The van der Waals surface area contributed by atoms with Gasteiger partial charge in [0.25, 0.3) is 0 Å². The quantitative estimate of drug-likeness (QED) is 0.146. The average Bonchev–Trinajstić information content (AvgIpc) is 4.05. The monoisotopic (exact) mass is 961 g/mol. The van der Waals surface area contributed by atoms with Gasteiger partial charge >= 0.3 is 21.0 Å². The van der Waals surface area contributed by atoms with Crippen LogP contribution in [0.15, 0.2) is 121 Å². The van der Waals surface area contributed by atoms with Gasteiger partial charge in [-0.25, -0.2) is 9.97 Å². The van der Waals surface area contributed by atoms with Crippen LogP contribution in [0.4, 0.5) is 0 Å². The first-order valence-electron chi connectivity index (χ1n) is 24.1. The van der Waals surface area contributed by atoms with E-state index >= 15 is 0 Å². The molecule has 13 rings (SSSR count). The molecule has 0 aliphatic carbocycles. The van der Waals surface area contributed by atoms with Crippen molar-refractivity contribution in [1.29, 1.82) is 0 Å². The van der Waals surface area contributed by atoms with Gasteiger partial charge in [0.15, 0.2) is 0 Å². The summed E-state index contributed by atoms with van der Waals surface area (Å²) < 4.78 is 8.19. The SMILES string of the molecule is Cc1ccc2cc3c(cc2c1)-c1nc-3nc2[n-]c(nc3nc(nc4[n-]c(n1)c1cc5ccc(C(C)(C)C)cc5cc41)-c1cc4ccc(C(C)(C)C)cc4cc1-3)c1cc3ccc(C(C)(C)C)cc3cc21.[O]=[V+2]. The van der Waals surface area contributed by atoms with E-state index in [2.05, 4.69) is 191 Å². The van der Waals surface area contributed by atoms with Crippen LogP contribution in [0.3, 0.4) is 0 Å². The van der Waals surface area contributed by atoms with Gasteiger partial charge in [0.1, 0.15) is 0 Å². The molecule has 345 valence electrons. The van der Waals surface area contributed by atoms with E-state index in [0.717, 1.165) is 104 Å². The molecule has 3 aromatic heterocycles. The van der Waals surface area contributed by atoms with E-state index in [1.54, 1.807) is 0 Å². The summed E-state index contributed by atoms with van der Waals surface area (Å²) in [5.41, 5.74) is 10.5. The van der Waals surface area contributed by atoms with Gasteiger partial charge in [-0.15, -0.1) is 0 Å². The molecule has 0 atom stereocenters. The Labute approximate surface area is 420 Å². The second-order valence-electron chi connectivity index (χ2n) is 22.4. The Hall–Kier alpha value is -7.46. The fraction of sp³-hybridized carbons (Fsp3) is 0.213. The number of hydrogen-bond donors (Lipinski definition) is 0. The minimum absolute atomic E-state index is 0.0271. The van der Waals surface area contributed by atoms with Crippen LogP contribution in [-0.4, -0.2) is 29.9 Å². The van der Waals surface area contributed by atoms with Crippen molar-refractivity contribution < 1.29 is 21.0 Å². The molecule has 0 saturated carbocycles. The van der Waals surface area contributed by atoms with Crippen LogP contribution < -0.4 is 9.97 Å². The van der Waals surface area contributed by atoms with Crippen molar-refractivity contribution in [3.8, 4) is 45.6 Å². The molecule has 0 spiro atoms. The number of nitrogens with zero attached hydrogens (tertiary/aromatic N) is 8. The Morgan fingerprint density at radius 1 is 0.324 bits per heavy atom. The first-order chi connectivity index (χ1) is 33.9. The normalized spacial score (nSPS) is 12.8. The Morgan fingerprint density at radius 2 is 0.592 bits per heavy atom. The third-order valence-electron chi connectivity index (χ3n) is 14.3. The zero-order chi connectivity index (χ0) is 49.5. The Balaban J connectivity index is 0.00000256. The molecule has 8 aromatic carbocycles. The Morgan fingerprint density at radius 3 is 0.930 bits per heavy atom. The fourth-order valence-corrected chi connectivity index (χ4v) is 10.2. The molecular weight excluding hydrogens is 912 g/mol. The molecule has 0 unspecified atom stereocenters. The van der Waals surface area contributed by atoms with Crippen molar-refractivity contribution >= 4 is 87.2 Å². The zero-order valence-corrected chi connectivity index (χ0v) is 42.9. The summed E-state index contributed by atoms with van der Waals surface area (Å²) >= 11 is 1.06. The van der Waals surface area contributed by atoms with E-state index in [4.69, 9.17) is 43.5 Å². The second-order valence-corrected chi connectivity index (χ2v) is 22.4. The predicted molar refractivity (Wildman–Crippen MR) is 286 cm³/mol. The van der Waals surface area contributed by atoms with Crippen LogP contribution in [-0.2, 0) is 37.3 Å². The number of aromatic nitrogens is 8. The maximum absolute atomic E-state index is 8.19. The van der Waals surface area contributed by atoms with Crippen molar-refractivity contribution in [1.82, 2.24) is 39.9 Å². The standard InChI is InChI=1S/C61H50N8.O.V/c1-31-11-12-32-23-43-47(27-36(32)19-31)55-62-51(43)64-56-49-29-38-21-41(60(5,6)7)17-14-34(38)25-45(49)53(66-56)68-58-50-30-39-22-42(61(8,9)10)18-15-35(39)26-46(50)54(69-58)67-57-48-28-37-20-40(59(2,3)4)16-13-33(37)24-44(48)52(63-55)65-57;;/h11-30H,1-10H3;;/q-2;;+2. The molecule has 71 heavy (non-hydrogen) atoms. The summed E-state index contributed by atoms with van der Waals surface area (Å²) in [6.45, 7) is 22.3. The molecule has 11 aromatic rings. The summed E-state index contributed by atoms with van der Waals surface area (Å²) in [6, 6.07) is 44.2. The molecule has 0 fully saturated rings. The fourth-order valence-electron chi connectivity index (χ4n) is 10.2. The summed E-state index contributed by atoms with van der Waals surface area (Å²) in [4.78, 5) is 42.8. The van der Waals surface area contributed by atoms with Crippen LogP contribution in [0.25, 0.3) is 133 Å². The number of benzene rings is 8. The third-order valence-corrected chi connectivity index (χ3v) is 14.3. The van der Waals surface area contributed by atoms with Crippen molar-refractivity contribution in [3.63, 3.8) is 0 Å². The van der Waals surface area contributed by atoms with Crippen molar-refractivity contribution in [2.75, 3.05) is 0 Å². The maximum atomic E-state index is 8.19. The first kappa shape index (κ1) is 44.7. The van der Waals surface area contributed by atoms with Gasteiger partial charge in [-0.1, -0.05) is 141 Å². The predicted octanol–water partition coefficient (Wildman–Crippen LogP) is 14.8. The van der Waals surface area contributed by atoms with Gasteiger partial charge in [-0.2, -0.15) is 0 Å². The van der Waals surface area contributed by atoms with Crippen molar-refractivity contribution in [2.24, 2.45) is 0 Å². The summed E-state index contributed by atoms with van der Waals surface area (Å²) in [5.74, 6) is 2.15. The summed E-state index contributed by atoms with van der Waals surface area (Å²) in [5, 5.41) is 12.4. The van der Waals surface area contributed by atoms with E-state index in [-0.39, 0.29) is 16.2 Å². The van der Waals surface area contributed by atoms with Crippen LogP contribution >= 0.6 is 0 Å². The van der Waals surface area contributed by atoms with Crippen LogP contribution in [0.1, 0.15) is 84.6 Å². The van der Waals surface area contributed by atoms with Gasteiger partial charge in [-0.3, -0.25) is 0 Å². The molecule has 5 heterocycles. The molecular formula is C61H50N8OV. The van der Waals surface area contributed by atoms with Gasteiger partial charge in [0, 0.05) is 44.8 Å². The van der Waals surface area contributed by atoms with Gasteiger partial charge in [-0.05, 0) is 153 Å². The molecule has 0 N–H and O–H groups in total. The second kappa shape index (κ2) is 15.8. The molecule has 8 bridgehead atoms. The summed E-state index contributed by atoms with van der Waals surface area (Å²) in [6.07, 6.45) is 0. The molecule has 0 radical (unpaired) electrons. The molecule has 0 saturated heterocycles. The molecule has 9 nitrogen and oxygen atoms in total. The average molecular weight is 962 g/mol. The van der Waals surface area contributed by atoms with Crippen LogP contribution in [0, 0.1) is 6.92 Å².